The summed E-state index contributed by atoms with van der Waals surface area (Å²) in [6, 6.07) is 11.4. The Bertz CT molecular complexity index is 759. The summed E-state index contributed by atoms with van der Waals surface area (Å²) in [5.41, 5.74) is 4.13. The number of carbonyl (C=O) groups excluding carboxylic acids is 1. The van der Waals surface area contributed by atoms with Crippen molar-refractivity contribution in [3.8, 4) is 6.07 Å². The highest BCUT2D eigenvalue weighted by molar-refractivity contribution is 6.07. The monoisotopic (exact) mass is 293 g/mol. The van der Waals surface area contributed by atoms with E-state index in [4.69, 9.17) is 5.26 Å². The summed E-state index contributed by atoms with van der Waals surface area (Å²) >= 11 is 0. The number of anilines is 1. The first-order valence-corrected chi connectivity index (χ1v) is 7.00. The van der Waals surface area contributed by atoms with Crippen molar-refractivity contribution in [1.29, 1.82) is 5.26 Å². The number of benzene rings is 1. The highest BCUT2D eigenvalue weighted by Crippen LogP contribution is 2.16. The van der Waals surface area contributed by atoms with Gasteiger partial charge in [0.05, 0.1) is 0 Å². The van der Waals surface area contributed by atoms with Crippen molar-refractivity contribution in [3.63, 3.8) is 0 Å². The normalized spacial score (nSPS) is 10.7. The number of nitriles is 1. The topological polar surface area (TPSA) is 49.0 Å². The van der Waals surface area contributed by atoms with Gasteiger partial charge in [0.25, 0.3) is 0 Å². The maximum Gasteiger partial charge on any atom is 0.185 e. The molecule has 1 aromatic carbocycles. The van der Waals surface area contributed by atoms with Gasteiger partial charge < -0.3 is 9.47 Å². The zero-order chi connectivity index (χ0) is 16.3. The summed E-state index contributed by atoms with van der Waals surface area (Å²) in [5, 5.41) is 9.02. The number of carbonyl (C=O) groups is 1. The van der Waals surface area contributed by atoms with Crippen molar-refractivity contribution in [2.24, 2.45) is 7.05 Å². The summed E-state index contributed by atoms with van der Waals surface area (Å²) in [6.07, 6.45) is 3.31. The number of aromatic nitrogens is 1. The van der Waals surface area contributed by atoms with Crippen LogP contribution in [0.25, 0.3) is 6.08 Å². The van der Waals surface area contributed by atoms with E-state index in [-0.39, 0.29) is 5.78 Å². The number of allylic oxidation sites excluding steroid dienone is 1. The van der Waals surface area contributed by atoms with Crippen LogP contribution in [0.3, 0.4) is 0 Å². The lowest BCUT2D eigenvalue weighted by Gasteiger charge is -2.11. The second-order valence-electron chi connectivity index (χ2n) is 5.38. The Morgan fingerprint density at radius 2 is 1.91 bits per heavy atom. The van der Waals surface area contributed by atoms with Crippen LogP contribution in [0.15, 0.2) is 36.4 Å². The molecule has 0 fully saturated rings. The number of hydrogen-bond donors (Lipinski definition) is 0. The molecule has 4 heteroatoms. The van der Waals surface area contributed by atoms with Crippen LogP contribution in [0.1, 0.15) is 27.3 Å². The first-order chi connectivity index (χ1) is 10.4. The molecule has 0 aliphatic rings. The van der Waals surface area contributed by atoms with Crippen LogP contribution in [0, 0.1) is 18.3 Å². The van der Waals surface area contributed by atoms with Gasteiger partial charge in [-0.3, -0.25) is 4.79 Å². The Labute approximate surface area is 130 Å². The fourth-order valence-corrected chi connectivity index (χ4v) is 2.18. The van der Waals surface area contributed by atoms with Crippen LogP contribution in [-0.4, -0.2) is 24.4 Å². The minimum Gasteiger partial charge on any atom is -0.378 e. The fraction of sp³-hybridized carbons (Fsp3) is 0.222. The summed E-state index contributed by atoms with van der Waals surface area (Å²) in [7, 11) is 5.76. The van der Waals surface area contributed by atoms with Gasteiger partial charge in [-0.25, -0.2) is 0 Å². The van der Waals surface area contributed by atoms with E-state index in [1.54, 1.807) is 18.2 Å². The van der Waals surface area contributed by atoms with Gasteiger partial charge in [-0.05, 0) is 55.0 Å². The summed E-state index contributed by atoms with van der Waals surface area (Å²) in [4.78, 5) is 14.2. The number of ketones is 1. The minimum absolute atomic E-state index is 0.0490. The predicted octanol–water partition coefficient (Wildman–Crippen LogP) is 3.17. The van der Waals surface area contributed by atoms with E-state index in [1.165, 1.54) is 0 Å². The maximum absolute atomic E-state index is 12.2. The van der Waals surface area contributed by atoms with E-state index in [0.29, 0.717) is 11.3 Å². The first kappa shape index (κ1) is 15.6. The quantitative estimate of drug-likeness (QED) is 0.642. The van der Waals surface area contributed by atoms with Crippen molar-refractivity contribution < 1.29 is 4.79 Å². The predicted molar refractivity (Wildman–Crippen MR) is 89.0 cm³/mol. The molecule has 2 aromatic rings. The van der Waals surface area contributed by atoms with Crippen LogP contribution in [0.4, 0.5) is 5.69 Å². The van der Waals surface area contributed by atoms with E-state index in [2.05, 4.69) is 6.07 Å². The summed E-state index contributed by atoms with van der Waals surface area (Å²) in [5.74, 6) is -0.0490. The average molecular weight is 293 g/mol. The van der Waals surface area contributed by atoms with E-state index in [9.17, 15) is 4.79 Å². The molecule has 0 aliphatic carbocycles. The molecule has 0 unspecified atom stereocenters. The van der Waals surface area contributed by atoms with Gasteiger partial charge in [0.2, 0.25) is 0 Å². The lowest BCUT2D eigenvalue weighted by Crippen LogP contribution is -2.08. The second-order valence-corrected chi connectivity index (χ2v) is 5.38. The van der Waals surface area contributed by atoms with Crippen molar-refractivity contribution in [1.82, 2.24) is 4.57 Å². The number of nitrogens with zero attached hydrogens (tertiary/aromatic N) is 3. The van der Waals surface area contributed by atoms with Crippen LogP contribution >= 0.6 is 0 Å². The first-order valence-electron chi connectivity index (χ1n) is 7.00. The zero-order valence-electron chi connectivity index (χ0n) is 13.3. The molecule has 1 heterocycles. The molecule has 0 aliphatic heterocycles. The molecule has 22 heavy (non-hydrogen) atoms. The highest BCUT2D eigenvalue weighted by atomic mass is 16.1. The number of hydrogen-bond acceptors (Lipinski definition) is 3. The number of rotatable bonds is 4. The molecule has 2 rings (SSSR count). The smallest absolute Gasteiger partial charge is 0.185 e. The standard InChI is InChI=1S/C18H19N3O/c1-13-15(11-17(12-19)21(13)4)7-10-18(22)14-5-8-16(9-6-14)20(2)3/h5-11H,1-4H3. The Morgan fingerprint density at radius 3 is 2.41 bits per heavy atom. The van der Waals surface area contributed by atoms with Crippen molar-refractivity contribution in [2.75, 3.05) is 19.0 Å². The molecule has 0 N–H and O–H groups in total. The SMILES string of the molecule is Cc1c(C=CC(=O)c2ccc(N(C)C)cc2)cc(C#N)n1C. The third-order valence-electron chi connectivity index (χ3n) is 3.77. The van der Waals surface area contributed by atoms with Crippen molar-refractivity contribution in [3.05, 3.63) is 58.9 Å². The molecule has 0 saturated carbocycles. The van der Waals surface area contributed by atoms with Crippen LogP contribution in [0.5, 0.6) is 0 Å². The van der Waals surface area contributed by atoms with E-state index in [1.807, 2.05) is 61.8 Å². The zero-order valence-corrected chi connectivity index (χ0v) is 13.3. The molecular formula is C18H19N3O. The van der Waals surface area contributed by atoms with Gasteiger partial charge in [0.15, 0.2) is 5.78 Å². The van der Waals surface area contributed by atoms with Gasteiger partial charge in [-0.2, -0.15) is 5.26 Å². The maximum atomic E-state index is 12.2. The second kappa shape index (κ2) is 6.31. The van der Waals surface area contributed by atoms with Crippen LogP contribution in [0.2, 0.25) is 0 Å². The van der Waals surface area contributed by atoms with Crippen molar-refractivity contribution >= 4 is 17.5 Å². The Hall–Kier alpha value is -2.80. The highest BCUT2D eigenvalue weighted by Gasteiger charge is 2.07. The summed E-state index contributed by atoms with van der Waals surface area (Å²) in [6.45, 7) is 1.93. The molecule has 0 spiro atoms. The lowest BCUT2D eigenvalue weighted by atomic mass is 10.1. The molecule has 1 aromatic heterocycles. The molecule has 0 radical (unpaired) electrons. The van der Waals surface area contributed by atoms with Gasteiger partial charge in [0, 0.05) is 38.1 Å². The Morgan fingerprint density at radius 1 is 1.27 bits per heavy atom. The summed E-state index contributed by atoms with van der Waals surface area (Å²) < 4.78 is 1.82. The molecule has 0 atom stereocenters. The van der Waals surface area contributed by atoms with E-state index < -0.39 is 0 Å². The van der Waals surface area contributed by atoms with E-state index in [0.717, 1.165) is 16.9 Å². The molecule has 0 amide bonds. The van der Waals surface area contributed by atoms with Crippen LogP contribution < -0.4 is 4.90 Å². The van der Waals surface area contributed by atoms with Gasteiger partial charge in [0.1, 0.15) is 11.8 Å². The minimum atomic E-state index is -0.0490. The van der Waals surface area contributed by atoms with Crippen molar-refractivity contribution in [2.45, 2.75) is 6.92 Å². The largest absolute Gasteiger partial charge is 0.378 e. The van der Waals surface area contributed by atoms with Gasteiger partial charge in [-0.1, -0.05) is 0 Å². The molecular weight excluding hydrogens is 274 g/mol. The molecule has 112 valence electrons. The molecule has 4 nitrogen and oxygen atoms in total. The molecule has 0 saturated heterocycles. The Balaban J connectivity index is 2.20. The van der Waals surface area contributed by atoms with Crippen LogP contribution in [-0.2, 0) is 7.05 Å². The van der Waals surface area contributed by atoms with Gasteiger partial charge >= 0.3 is 0 Å². The average Bonchev–Trinajstić information content (AvgIpc) is 2.80. The Kier molecular flexibility index (Phi) is 4.47. The molecule has 0 bridgehead atoms. The fourth-order valence-electron chi connectivity index (χ4n) is 2.18. The van der Waals surface area contributed by atoms with Gasteiger partial charge in [-0.15, -0.1) is 0 Å². The van der Waals surface area contributed by atoms with E-state index >= 15 is 0 Å². The third kappa shape index (κ3) is 3.09. The third-order valence-corrected chi connectivity index (χ3v) is 3.77. The lowest BCUT2D eigenvalue weighted by molar-refractivity contribution is 0.104.